The van der Waals surface area contributed by atoms with Crippen LogP contribution in [0.1, 0.15) is 44.8 Å². The first-order valence-corrected chi connectivity index (χ1v) is 11.3. The number of hydrogen-bond donors (Lipinski definition) is 6. The highest BCUT2D eigenvalue weighted by Crippen LogP contribution is 2.19. The van der Waals surface area contributed by atoms with Crippen LogP contribution in [0.3, 0.4) is 0 Å². The molecule has 0 saturated heterocycles. The van der Waals surface area contributed by atoms with Crippen LogP contribution in [-0.4, -0.2) is 50.3 Å². The van der Waals surface area contributed by atoms with Crippen LogP contribution in [0, 0.1) is 0 Å². The van der Waals surface area contributed by atoms with Crippen LogP contribution in [0.5, 0.6) is 0 Å². The highest BCUT2D eigenvalue weighted by molar-refractivity contribution is 6.07. The minimum atomic E-state index is -0.395. The lowest BCUT2D eigenvalue weighted by atomic mass is 10.2. The van der Waals surface area contributed by atoms with Crippen molar-refractivity contribution in [2.45, 2.75) is 19.4 Å². The molecule has 8 N–H and O–H groups in total. The fraction of sp³-hybridized carbons (Fsp3) is 0.304. The second kappa shape index (κ2) is 11.3. The molecule has 3 aromatic heterocycles. The van der Waals surface area contributed by atoms with E-state index in [9.17, 15) is 14.4 Å². The van der Waals surface area contributed by atoms with Crippen molar-refractivity contribution >= 4 is 41.1 Å². The number of rotatable bonds is 10. The van der Waals surface area contributed by atoms with E-state index in [-0.39, 0.29) is 17.9 Å². The molecule has 0 saturated carbocycles. The van der Waals surface area contributed by atoms with Crippen molar-refractivity contribution in [3.63, 3.8) is 0 Å². The Bertz CT molecular complexity index is 1280. The Morgan fingerprint density at radius 2 is 1.39 bits per heavy atom. The SMILES string of the molecule is CCC(CNC(=O)c1cc(NC(=O)c2cc(NC(=O)c3cc(N)cn3C)cn2C)cn1C)N=CNN. The Morgan fingerprint density at radius 3 is 1.86 bits per heavy atom. The van der Waals surface area contributed by atoms with Gasteiger partial charge in [0, 0.05) is 46.3 Å². The number of amides is 3. The number of carbonyl (C=O) groups excluding carboxylic acids is 3. The average molecular weight is 497 g/mol. The number of nitrogens with one attached hydrogen (secondary N) is 4. The van der Waals surface area contributed by atoms with E-state index >= 15 is 0 Å². The van der Waals surface area contributed by atoms with Crippen molar-refractivity contribution in [3.8, 4) is 0 Å². The van der Waals surface area contributed by atoms with Crippen LogP contribution >= 0.6 is 0 Å². The van der Waals surface area contributed by atoms with Gasteiger partial charge in [-0.15, -0.1) is 0 Å². The topological polar surface area (TPSA) is 179 Å². The smallest absolute Gasteiger partial charge is 0.272 e. The van der Waals surface area contributed by atoms with Gasteiger partial charge in [0.1, 0.15) is 17.1 Å². The highest BCUT2D eigenvalue weighted by atomic mass is 16.2. The van der Waals surface area contributed by atoms with Gasteiger partial charge in [0.15, 0.2) is 0 Å². The zero-order chi connectivity index (χ0) is 26.4. The second-order valence-corrected chi connectivity index (χ2v) is 8.34. The molecule has 0 aliphatic heterocycles. The average Bonchev–Trinajstić information content (AvgIpc) is 3.49. The molecule has 3 heterocycles. The Balaban J connectivity index is 1.65. The maximum absolute atomic E-state index is 12.9. The third kappa shape index (κ3) is 6.13. The van der Waals surface area contributed by atoms with E-state index < -0.39 is 5.91 Å². The maximum atomic E-state index is 12.9. The van der Waals surface area contributed by atoms with Crippen LogP contribution in [0.15, 0.2) is 41.8 Å². The molecular weight excluding hydrogens is 464 g/mol. The van der Waals surface area contributed by atoms with Crippen LogP contribution in [0.4, 0.5) is 17.1 Å². The molecule has 13 heteroatoms. The van der Waals surface area contributed by atoms with Gasteiger partial charge in [0.2, 0.25) is 0 Å². The zero-order valence-electron chi connectivity index (χ0n) is 20.7. The molecule has 1 atom stereocenters. The number of hydrogen-bond acceptors (Lipinski definition) is 6. The molecule has 0 bridgehead atoms. The number of hydrazine groups is 1. The summed E-state index contributed by atoms with van der Waals surface area (Å²) in [4.78, 5) is 42.3. The van der Waals surface area contributed by atoms with Crippen LogP contribution < -0.4 is 33.0 Å². The third-order valence-electron chi connectivity index (χ3n) is 5.58. The first-order chi connectivity index (χ1) is 17.1. The number of carbonyl (C=O) groups is 3. The summed E-state index contributed by atoms with van der Waals surface area (Å²) in [5, 5.41) is 8.40. The molecule has 0 aromatic carbocycles. The molecule has 3 amide bonds. The van der Waals surface area contributed by atoms with Gasteiger partial charge >= 0.3 is 0 Å². The Kier molecular flexibility index (Phi) is 8.17. The highest BCUT2D eigenvalue weighted by Gasteiger charge is 2.18. The predicted octanol–water partition coefficient (Wildman–Crippen LogP) is 0.789. The van der Waals surface area contributed by atoms with Crippen LogP contribution in [-0.2, 0) is 21.1 Å². The van der Waals surface area contributed by atoms with E-state index in [4.69, 9.17) is 11.6 Å². The molecule has 0 aliphatic carbocycles. The molecule has 0 aliphatic rings. The summed E-state index contributed by atoms with van der Waals surface area (Å²) in [7, 11) is 5.13. The van der Waals surface area contributed by atoms with Crippen LogP contribution in [0.25, 0.3) is 0 Å². The molecule has 3 rings (SSSR count). The van der Waals surface area contributed by atoms with Gasteiger partial charge < -0.3 is 40.8 Å². The summed E-state index contributed by atoms with van der Waals surface area (Å²) in [5.41, 5.74) is 10.6. The van der Waals surface area contributed by atoms with Crippen molar-refractivity contribution in [3.05, 3.63) is 53.9 Å². The van der Waals surface area contributed by atoms with Crippen molar-refractivity contribution in [1.82, 2.24) is 24.4 Å². The second-order valence-electron chi connectivity index (χ2n) is 8.34. The Labute approximate surface area is 208 Å². The number of nitrogens with two attached hydrogens (primary N) is 2. The first-order valence-electron chi connectivity index (χ1n) is 11.3. The normalized spacial score (nSPS) is 11.9. The number of aromatic nitrogens is 3. The van der Waals surface area contributed by atoms with Gasteiger partial charge in [-0.05, 0) is 24.6 Å². The summed E-state index contributed by atoms with van der Waals surface area (Å²) < 4.78 is 4.85. The zero-order valence-corrected chi connectivity index (χ0v) is 20.7. The molecule has 13 nitrogen and oxygen atoms in total. The van der Waals surface area contributed by atoms with Crippen LogP contribution in [0.2, 0.25) is 0 Å². The molecule has 0 radical (unpaired) electrons. The third-order valence-corrected chi connectivity index (χ3v) is 5.58. The van der Waals surface area contributed by atoms with E-state index in [1.807, 2.05) is 6.92 Å². The van der Waals surface area contributed by atoms with Gasteiger partial charge in [-0.1, -0.05) is 6.92 Å². The van der Waals surface area contributed by atoms with Crippen molar-refractivity contribution < 1.29 is 14.4 Å². The summed E-state index contributed by atoms with van der Waals surface area (Å²) in [6.45, 7) is 2.30. The fourth-order valence-electron chi connectivity index (χ4n) is 3.68. The molecule has 1 unspecified atom stereocenters. The molecule has 192 valence electrons. The van der Waals surface area contributed by atoms with E-state index in [0.717, 1.165) is 6.42 Å². The number of anilines is 3. The largest absolute Gasteiger partial charge is 0.397 e. The summed E-state index contributed by atoms with van der Waals surface area (Å²) in [6.07, 6.45) is 7.03. The lowest BCUT2D eigenvalue weighted by molar-refractivity contribution is 0.0941. The molecule has 0 spiro atoms. The van der Waals surface area contributed by atoms with Gasteiger partial charge in [0.05, 0.1) is 29.4 Å². The maximum Gasteiger partial charge on any atom is 0.272 e. The van der Waals surface area contributed by atoms with Gasteiger partial charge in [0.25, 0.3) is 17.7 Å². The summed E-state index contributed by atoms with van der Waals surface area (Å²) >= 11 is 0. The minimum Gasteiger partial charge on any atom is -0.397 e. The monoisotopic (exact) mass is 496 g/mol. The molecule has 3 aromatic rings. The number of nitrogens with zero attached hydrogens (tertiary/aromatic N) is 4. The van der Waals surface area contributed by atoms with Crippen molar-refractivity contribution in [1.29, 1.82) is 0 Å². The number of nitrogen functional groups attached to an aromatic ring is 1. The first kappa shape index (κ1) is 26.1. The lowest BCUT2D eigenvalue weighted by Gasteiger charge is -2.11. The van der Waals surface area contributed by atoms with E-state index in [1.165, 1.54) is 6.34 Å². The van der Waals surface area contributed by atoms with E-state index in [0.29, 0.717) is 40.7 Å². The Hall–Kier alpha value is -4.52. The summed E-state index contributed by atoms with van der Waals surface area (Å²) in [5.74, 6) is 4.16. The van der Waals surface area contributed by atoms with Gasteiger partial charge in [-0.3, -0.25) is 19.4 Å². The standard InChI is InChI=1S/C23H32N10O3/c1-5-15(27-13-28-25)9-26-21(34)19-7-16(11-32(19)3)30-23(36)20-8-17(12-33(20)4)29-22(35)18-6-14(24)10-31(18)2/h6-8,10-13,15H,5,9,24-25H2,1-4H3,(H,26,34)(H,27,28)(H,29,35)(H,30,36). The number of aliphatic imine (C=N–C) groups is 1. The van der Waals surface area contributed by atoms with Gasteiger partial charge in [-0.25, -0.2) is 5.84 Å². The van der Waals surface area contributed by atoms with Gasteiger partial charge in [-0.2, -0.15) is 0 Å². The fourth-order valence-corrected chi connectivity index (χ4v) is 3.68. The molecule has 0 fully saturated rings. The number of aryl methyl sites for hydroxylation is 3. The molecular formula is C23H32N10O3. The van der Waals surface area contributed by atoms with Crippen molar-refractivity contribution in [2.75, 3.05) is 22.9 Å². The minimum absolute atomic E-state index is 0.115. The summed E-state index contributed by atoms with van der Waals surface area (Å²) in [6, 6.07) is 4.61. The van der Waals surface area contributed by atoms with Crippen molar-refractivity contribution in [2.24, 2.45) is 32.0 Å². The quantitative estimate of drug-likeness (QED) is 0.104. The molecule has 36 heavy (non-hydrogen) atoms. The predicted molar refractivity (Wildman–Crippen MR) is 139 cm³/mol. The lowest BCUT2D eigenvalue weighted by Crippen LogP contribution is -2.33. The van der Waals surface area contributed by atoms with E-state index in [2.05, 4.69) is 26.4 Å². The Morgan fingerprint density at radius 1 is 0.889 bits per heavy atom. The van der Waals surface area contributed by atoms with E-state index in [1.54, 1.807) is 71.6 Å².